The van der Waals surface area contributed by atoms with Crippen molar-refractivity contribution in [2.45, 2.75) is 26.8 Å². The Morgan fingerprint density at radius 2 is 2.23 bits per heavy atom. The number of aliphatic imine (C=N–C) groups is 1. The van der Waals surface area contributed by atoms with Crippen molar-refractivity contribution in [1.29, 1.82) is 0 Å². The SMILES string of the molecule is CCNC(=NCCCNS(C)(=O)=O)N(C)Cc1csc(C)n1. The van der Waals surface area contributed by atoms with Crippen LogP contribution in [-0.2, 0) is 16.6 Å². The van der Waals surface area contributed by atoms with E-state index in [1.807, 2.05) is 31.2 Å². The number of guanidine groups is 1. The third-order valence-electron chi connectivity index (χ3n) is 2.72. The Balaban J connectivity index is 2.50. The van der Waals surface area contributed by atoms with Crippen LogP contribution in [-0.4, -0.2) is 57.2 Å². The largest absolute Gasteiger partial charge is 0.357 e. The van der Waals surface area contributed by atoms with Crippen LogP contribution >= 0.6 is 11.3 Å². The zero-order valence-electron chi connectivity index (χ0n) is 13.6. The van der Waals surface area contributed by atoms with Crippen LogP contribution in [0.1, 0.15) is 24.0 Å². The second-order valence-electron chi connectivity index (χ2n) is 4.97. The van der Waals surface area contributed by atoms with Gasteiger partial charge in [-0.25, -0.2) is 18.1 Å². The van der Waals surface area contributed by atoms with Crippen LogP contribution in [0.2, 0.25) is 0 Å². The molecule has 0 radical (unpaired) electrons. The number of rotatable bonds is 8. The van der Waals surface area contributed by atoms with Gasteiger partial charge in [0.05, 0.1) is 23.5 Å². The van der Waals surface area contributed by atoms with Gasteiger partial charge in [0, 0.05) is 32.1 Å². The lowest BCUT2D eigenvalue weighted by Crippen LogP contribution is -2.38. The first-order chi connectivity index (χ1) is 10.3. The molecule has 2 N–H and O–H groups in total. The van der Waals surface area contributed by atoms with E-state index in [9.17, 15) is 8.42 Å². The van der Waals surface area contributed by atoms with Crippen LogP contribution in [0.15, 0.2) is 10.4 Å². The normalized spacial score (nSPS) is 12.5. The summed E-state index contributed by atoms with van der Waals surface area (Å²) in [6.45, 7) is 6.43. The number of nitrogens with one attached hydrogen (secondary N) is 2. The van der Waals surface area contributed by atoms with Crippen LogP contribution < -0.4 is 10.0 Å². The van der Waals surface area contributed by atoms with Crippen molar-refractivity contribution in [3.8, 4) is 0 Å². The molecule has 0 saturated carbocycles. The molecule has 126 valence electrons. The third kappa shape index (κ3) is 7.71. The van der Waals surface area contributed by atoms with Crippen molar-refractivity contribution in [3.05, 3.63) is 16.1 Å². The first-order valence-electron chi connectivity index (χ1n) is 7.17. The van der Waals surface area contributed by atoms with E-state index < -0.39 is 10.0 Å². The Labute approximate surface area is 136 Å². The molecule has 0 bridgehead atoms. The van der Waals surface area contributed by atoms with Crippen molar-refractivity contribution in [3.63, 3.8) is 0 Å². The van der Waals surface area contributed by atoms with E-state index in [0.29, 0.717) is 26.1 Å². The zero-order valence-corrected chi connectivity index (χ0v) is 15.2. The van der Waals surface area contributed by atoms with Crippen molar-refractivity contribution in [1.82, 2.24) is 19.9 Å². The van der Waals surface area contributed by atoms with Gasteiger partial charge in [-0.1, -0.05) is 0 Å². The van der Waals surface area contributed by atoms with Gasteiger partial charge in [0.15, 0.2) is 5.96 Å². The second kappa shape index (κ2) is 9.06. The molecule has 1 rings (SSSR count). The minimum atomic E-state index is -3.12. The molecule has 7 nitrogen and oxygen atoms in total. The summed E-state index contributed by atoms with van der Waals surface area (Å²) in [6, 6.07) is 0. The maximum absolute atomic E-state index is 11.0. The summed E-state index contributed by atoms with van der Waals surface area (Å²) in [5.41, 5.74) is 1.02. The topological polar surface area (TPSA) is 86.7 Å². The predicted octanol–water partition coefficient (Wildman–Crippen LogP) is 0.788. The smallest absolute Gasteiger partial charge is 0.208 e. The summed E-state index contributed by atoms with van der Waals surface area (Å²) in [5, 5.41) is 6.33. The lowest BCUT2D eigenvalue weighted by atomic mass is 10.4. The molecule has 0 aliphatic rings. The van der Waals surface area contributed by atoms with Gasteiger partial charge in [0.1, 0.15) is 0 Å². The molecule has 0 atom stereocenters. The van der Waals surface area contributed by atoms with E-state index >= 15 is 0 Å². The Hall–Kier alpha value is -1.19. The minimum absolute atomic E-state index is 0.400. The van der Waals surface area contributed by atoms with Gasteiger partial charge >= 0.3 is 0 Å². The maximum Gasteiger partial charge on any atom is 0.208 e. The van der Waals surface area contributed by atoms with E-state index in [4.69, 9.17) is 0 Å². The van der Waals surface area contributed by atoms with E-state index in [1.165, 1.54) is 0 Å². The van der Waals surface area contributed by atoms with Gasteiger partial charge in [-0.2, -0.15) is 0 Å². The van der Waals surface area contributed by atoms with Crippen molar-refractivity contribution < 1.29 is 8.42 Å². The summed E-state index contributed by atoms with van der Waals surface area (Å²) in [4.78, 5) is 11.0. The number of aryl methyl sites for hydroxylation is 1. The first-order valence-corrected chi connectivity index (χ1v) is 9.94. The van der Waals surface area contributed by atoms with Crippen molar-refractivity contribution in [2.24, 2.45) is 4.99 Å². The summed E-state index contributed by atoms with van der Waals surface area (Å²) in [7, 11) is -1.16. The fourth-order valence-electron chi connectivity index (χ4n) is 1.79. The van der Waals surface area contributed by atoms with E-state index in [0.717, 1.165) is 29.5 Å². The Morgan fingerprint density at radius 3 is 2.77 bits per heavy atom. The minimum Gasteiger partial charge on any atom is -0.357 e. The fraction of sp³-hybridized carbons (Fsp3) is 0.692. The number of nitrogens with zero attached hydrogens (tertiary/aromatic N) is 3. The first kappa shape index (κ1) is 18.9. The number of hydrogen-bond acceptors (Lipinski definition) is 5. The molecular formula is C13H25N5O2S2. The van der Waals surface area contributed by atoms with Crippen LogP contribution in [0.5, 0.6) is 0 Å². The molecule has 0 aromatic carbocycles. The molecule has 0 aliphatic heterocycles. The molecule has 0 saturated heterocycles. The Morgan fingerprint density at radius 1 is 1.50 bits per heavy atom. The van der Waals surface area contributed by atoms with E-state index in [1.54, 1.807) is 11.3 Å². The monoisotopic (exact) mass is 347 g/mol. The van der Waals surface area contributed by atoms with Crippen LogP contribution in [0.4, 0.5) is 0 Å². The molecular weight excluding hydrogens is 322 g/mol. The number of aromatic nitrogens is 1. The molecule has 0 amide bonds. The van der Waals surface area contributed by atoms with Crippen molar-refractivity contribution in [2.75, 3.05) is 32.9 Å². The lowest BCUT2D eigenvalue weighted by Gasteiger charge is -2.21. The highest BCUT2D eigenvalue weighted by Gasteiger charge is 2.08. The quantitative estimate of drug-likeness (QED) is 0.412. The maximum atomic E-state index is 11.0. The standard InChI is InChI=1S/C13H25N5O2S2/c1-5-14-13(15-7-6-8-16-22(4,19)20)18(3)9-12-10-21-11(2)17-12/h10,16H,5-9H2,1-4H3,(H,14,15). The Kier molecular flexibility index (Phi) is 7.77. The summed E-state index contributed by atoms with van der Waals surface area (Å²) >= 11 is 1.63. The molecule has 1 aromatic rings. The van der Waals surface area contributed by atoms with Crippen LogP contribution in [0.25, 0.3) is 0 Å². The van der Waals surface area contributed by atoms with Gasteiger partial charge in [0.2, 0.25) is 10.0 Å². The second-order valence-corrected chi connectivity index (χ2v) is 7.86. The van der Waals surface area contributed by atoms with E-state index in [2.05, 4.69) is 20.0 Å². The fourth-order valence-corrected chi connectivity index (χ4v) is 2.91. The summed E-state index contributed by atoms with van der Waals surface area (Å²) in [5.74, 6) is 0.799. The lowest BCUT2D eigenvalue weighted by molar-refractivity contribution is 0.470. The van der Waals surface area contributed by atoms with Crippen LogP contribution in [0.3, 0.4) is 0 Å². The molecule has 22 heavy (non-hydrogen) atoms. The molecule has 1 heterocycles. The van der Waals surface area contributed by atoms with Gasteiger partial charge in [-0.3, -0.25) is 4.99 Å². The number of hydrogen-bond donors (Lipinski definition) is 2. The number of sulfonamides is 1. The van der Waals surface area contributed by atoms with Crippen LogP contribution in [0, 0.1) is 6.92 Å². The van der Waals surface area contributed by atoms with E-state index in [-0.39, 0.29) is 0 Å². The molecule has 0 unspecified atom stereocenters. The third-order valence-corrected chi connectivity index (χ3v) is 4.27. The predicted molar refractivity (Wildman–Crippen MR) is 91.8 cm³/mol. The molecule has 1 aromatic heterocycles. The Bertz CT molecular complexity index is 583. The highest BCUT2D eigenvalue weighted by Crippen LogP contribution is 2.09. The molecule has 0 spiro atoms. The highest BCUT2D eigenvalue weighted by atomic mass is 32.2. The average molecular weight is 348 g/mol. The van der Waals surface area contributed by atoms with Gasteiger partial charge in [-0.05, 0) is 20.3 Å². The van der Waals surface area contributed by atoms with Crippen molar-refractivity contribution >= 4 is 27.3 Å². The molecule has 0 aliphatic carbocycles. The van der Waals surface area contributed by atoms with Gasteiger partial charge in [-0.15, -0.1) is 11.3 Å². The van der Waals surface area contributed by atoms with Gasteiger partial charge in [0.25, 0.3) is 0 Å². The summed E-state index contributed by atoms with van der Waals surface area (Å²) in [6.07, 6.45) is 1.82. The van der Waals surface area contributed by atoms with Gasteiger partial charge < -0.3 is 10.2 Å². The zero-order chi connectivity index (χ0) is 16.6. The number of thiazole rings is 1. The average Bonchev–Trinajstić information content (AvgIpc) is 2.81. The highest BCUT2D eigenvalue weighted by molar-refractivity contribution is 7.88. The molecule has 0 fully saturated rings. The summed E-state index contributed by atoms with van der Waals surface area (Å²) < 4.78 is 24.4. The molecule has 9 heteroatoms.